The van der Waals surface area contributed by atoms with Crippen molar-refractivity contribution in [2.75, 3.05) is 6.54 Å². The summed E-state index contributed by atoms with van der Waals surface area (Å²) in [7, 11) is 0. The maximum absolute atomic E-state index is 13.3. The first kappa shape index (κ1) is 13.2. The Balaban J connectivity index is 1.88. The molecule has 98 valence electrons. The predicted molar refractivity (Wildman–Crippen MR) is 68.8 cm³/mol. The van der Waals surface area contributed by atoms with Gasteiger partial charge >= 0.3 is 0 Å². The van der Waals surface area contributed by atoms with E-state index in [0.29, 0.717) is 24.1 Å². The third-order valence-electron chi connectivity index (χ3n) is 2.73. The van der Waals surface area contributed by atoms with Crippen LogP contribution in [-0.2, 0) is 6.42 Å². The Bertz CT molecular complexity index is 570. The van der Waals surface area contributed by atoms with E-state index in [4.69, 9.17) is 0 Å². The third kappa shape index (κ3) is 3.61. The molecule has 1 amide bonds. The number of hydrogen-bond donors (Lipinski definition) is 1. The Morgan fingerprint density at radius 3 is 2.47 bits per heavy atom. The summed E-state index contributed by atoms with van der Waals surface area (Å²) < 4.78 is 26.1. The molecule has 4 heteroatoms. The van der Waals surface area contributed by atoms with Crippen molar-refractivity contribution in [2.24, 2.45) is 0 Å². The fourth-order valence-electron chi connectivity index (χ4n) is 1.73. The second-order valence-electron chi connectivity index (χ2n) is 4.11. The van der Waals surface area contributed by atoms with Gasteiger partial charge in [-0.25, -0.2) is 8.78 Å². The molecule has 0 saturated carbocycles. The molecule has 0 aliphatic carbocycles. The summed E-state index contributed by atoms with van der Waals surface area (Å²) in [5.74, 6) is -1.40. The summed E-state index contributed by atoms with van der Waals surface area (Å²) in [6.07, 6.45) is 0.324. The average molecular weight is 261 g/mol. The molecule has 0 bridgehead atoms. The molecule has 0 saturated heterocycles. The molecule has 2 aromatic rings. The van der Waals surface area contributed by atoms with Gasteiger partial charge in [0.2, 0.25) is 0 Å². The first-order chi connectivity index (χ1) is 9.16. The largest absolute Gasteiger partial charge is 0.352 e. The Kier molecular flexibility index (Phi) is 4.23. The Morgan fingerprint density at radius 2 is 1.79 bits per heavy atom. The summed E-state index contributed by atoms with van der Waals surface area (Å²) in [5.41, 5.74) is 0.942. The lowest BCUT2D eigenvalue weighted by molar-refractivity contribution is 0.0954. The first-order valence-corrected chi connectivity index (χ1v) is 5.94. The highest BCUT2D eigenvalue weighted by molar-refractivity contribution is 5.94. The van der Waals surface area contributed by atoms with E-state index in [2.05, 4.69) is 5.32 Å². The van der Waals surface area contributed by atoms with Crippen LogP contribution in [0.3, 0.4) is 0 Å². The first-order valence-electron chi connectivity index (χ1n) is 5.94. The Labute approximate surface area is 110 Å². The van der Waals surface area contributed by atoms with Crippen molar-refractivity contribution in [2.45, 2.75) is 6.42 Å². The van der Waals surface area contributed by atoms with Crippen LogP contribution in [0.2, 0.25) is 0 Å². The van der Waals surface area contributed by atoms with Crippen LogP contribution in [0.5, 0.6) is 0 Å². The molecule has 0 spiro atoms. The monoisotopic (exact) mass is 261 g/mol. The zero-order valence-electron chi connectivity index (χ0n) is 10.2. The molecule has 2 aromatic carbocycles. The number of halogens is 2. The highest BCUT2D eigenvalue weighted by atomic mass is 19.1. The second kappa shape index (κ2) is 6.09. The fraction of sp³-hybridized carbons (Fsp3) is 0.133. The van der Waals surface area contributed by atoms with E-state index in [1.807, 2.05) is 6.07 Å². The van der Waals surface area contributed by atoms with Gasteiger partial charge in [0.1, 0.15) is 11.6 Å². The lowest BCUT2D eigenvalue weighted by Crippen LogP contribution is -2.25. The van der Waals surface area contributed by atoms with Crippen LogP contribution in [0, 0.1) is 11.6 Å². The van der Waals surface area contributed by atoms with Gasteiger partial charge in [-0.15, -0.1) is 0 Å². The van der Waals surface area contributed by atoms with Crippen LogP contribution in [-0.4, -0.2) is 12.5 Å². The molecule has 19 heavy (non-hydrogen) atoms. The van der Waals surface area contributed by atoms with Crippen molar-refractivity contribution in [1.29, 1.82) is 0 Å². The van der Waals surface area contributed by atoms with Gasteiger partial charge in [-0.2, -0.15) is 0 Å². The topological polar surface area (TPSA) is 29.1 Å². The molecule has 0 radical (unpaired) electrons. The number of carbonyl (C=O) groups is 1. The normalized spacial score (nSPS) is 10.2. The number of benzene rings is 2. The van der Waals surface area contributed by atoms with Crippen molar-refractivity contribution in [3.63, 3.8) is 0 Å². The third-order valence-corrected chi connectivity index (χ3v) is 2.73. The van der Waals surface area contributed by atoms with Crippen LogP contribution in [0.25, 0.3) is 0 Å². The van der Waals surface area contributed by atoms with Crippen molar-refractivity contribution < 1.29 is 13.6 Å². The van der Waals surface area contributed by atoms with E-state index in [1.165, 1.54) is 12.1 Å². The minimum Gasteiger partial charge on any atom is -0.352 e. The lowest BCUT2D eigenvalue weighted by atomic mass is 10.1. The number of hydrogen-bond acceptors (Lipinski definition) is 1. The van der Waals surface area contributed by atoms with Gasteiger partial charge in [-0.3, -0.25) is 4.79 Å². The molecular weight excluding hydrogens is 248 g/mol. The van der Waals surface area contributed by atoms with Crippen molar-refractivity contribution in [3.05, 3.63) is 71.3 Å². The fourth-order valence-corrected chi connectivity index (χ4v) is 1.73. The molecule has 1 N–H and O–H groups in total. The van der Waals surface area contributed by atoms with E-state index < -0.39 is 11.6 Å². The SMILES string of the molecule is O=C(NCCc1ccc(F)cc1F)c1ccccc1. The molecule has 0 aliphatic heterocycles. The maximum Gasteiger partial charge on any atom is 0.251 e. The van der Waals surface area contributed by atoms with E-state index in [0.717, 1.165) is 6.07 Å². The van der Waals surface area contributed by atoms with Crippen molar-refractivity contribution >= 4 is 5.91 Å². The van der Waals surface area contributed by atoms with Gasteiger partial charge in [0.05, 0.1) is 0 Å². The summed E-state index contributed by atoms with van der Waals surface area (Å²) >= 11 is 0. The molecule has 0 unspecified atom stereocenters. The highest BCUT2D eigenvalue weighted by Gasteiger charge is 2.06. The summed E-state index contributed by atoms with van der Waals surface area (Å²) in [5, 5.41) is 2.69. The zero-order chi connectivity index (χ0) is 13.7. The van der Waals surface area contributed by atoms with Crippen molar-refractivity contribution in [3.8, 4) is 0 Å². The maximum atomic E-state index is 13.3. The summed E-state index contributed by atoms with van der Waals surface area (Å²) in [4.78, 5) is 11.7. The second-order valence-corrected chi connectivity index (χ2v) is 4.11. The van der Waals surface area contributed by atoms with Gasteiger partial charge in [-0.05, 0) is 30.2 Å². The number of rotatable bonds is 4. The van der Waals surface area contributed by atoms with Crippen LogP contribution in [0.4, 0.5) is 8.78 Å². The number of carbonyl (C=O) groups excluding carboxylic acids is 1. The summed E-state index contributed by atoms with van der Waals surface area (Å²) in [6, 6.07) is 12.2. The molecule has 2 rings (SSSR count). The van der Waals surface area contributed by atoms with Crippen LogP contribution in [0.1, 0.15) is 15.9 Å². The van der Waals surface area contributed by atoms with Gasteiger partial charge in [0.25, 0.3) is 5.91 Å². The van der Waals surface area contributed by atoms with Crippen molar-refractivity contribution in [1.82, 2.24) is 5.32 Å². The smallest absolute Gasteiger partial charge is 0.251 e. The van der Waals surface area contributed by atoms with Gasteiger partial charge in [0, 0.05) is 18.2 Å². The molecule has 0 atom stereocenters. The Morgan fingerprint density at radius 1 is 1.05 bits per heavy atom. The van der Waals surface area contributed by atoms with Crippen LogP contribution < -0.4 is 5.32 Å². The Hall–Kier alpha value is -2.23. The summed E-state index contributed by atoms with van der Waals surface area (Å²) in [6.45, 7) is 0.302. The van der Waals surface area contributed by atoms with Crippen LogP contribution in [0.15, 0.2) is 48.5 Å². The zero-order valence-corrected chi connectivity index (χ0v) is 10.2. The van der Waals surface area contributed by atoms with E-state index in [-0.39, 0.29) is 5.91 Å². The number of nitrogens with one attached hydrogen (secondary N) is 1. The van der Waals surface area contributed by atoms with Gasteiger partial charge in [0.15, 0.2) is 0 Å². The van der Waals surface area contributed by atoms with E-state index >= 15 is 0 Å². The highest BCUT2D eigenvalue weighted by Crippen LogP contribution is 2.09. The van der Waals surface area contributed by atoms with E-state index in [1.54, 1.807) is 24.3 Å². The lowest BCUT2D eigenvalue weighted by Gasteiger charge is -2.06. The predicted octanol–water partition coefficient (Wildman–Crippen LogP) is 2.94. The molecule has 0 aromatic heterocycles. The molecule has 0 heterocycles. The van der Waals surface area contributed by atoms with Gasteiger partial charge < -0.3 is 5.32 Å². The molecular formula is C15H13F2NO. The average Bonchev–Trinajstić information content (AvgIpc) is 2.42. The minimum absolute atomic E-state index is 0.205. The van der Waals surface area contributed by atoms with Crippen LogP contribution >= 0.6 is 0 Å². The van der Waals surface area contributed by atoms with Gasteiger partial charge in [-0.1, -0.05) is 24.3 Å². The quantitative estimate of drug-likeness (QED) is 0.900. The molecule has 0 fully saturated rings. The minimum atomic E-state index is -0.602. The van der Waals surface area contributed by atoms with E-state index in [9.17, 15) is 13.6 Å². The number of amides is 1. The molecule has 2 nitrogen and oxygen atoms in total. The molecule has 0 aliphatic rings. The standard InChI is InChI=1S/C15H13F2NO/c16-13-7-6-11(14(17)10-13)8-9-18-15(19)12-4-2-1-3-5-12/h1-7,10H,8-9H2,(H,18,19).